The van der Waals surface area contributed by atoms with Gasteiger partial charge in [0.15, 0.2) is 11.5 Å². The SMILES string of the molecule is CC1(C)CC(Nc2ncnc3nc[nH]c23)CC(C)(C)C1. The lowest BCUT2D eigenvalue weighted by atomic mass is 9.63. The molecule has 20 heavy (non-hydrogen) atoms. The van der Waals surface area contributed by atoms with Crippen LogP contribution in [0.5, 0.6) is 0 Å². The van der Waals surface area contributed by atoms with Gasteiger partial charge in [-0.3, -0.25) is 0 Å². The molecule has 2 N–H and O–H groups in total. The van der Waals surface area contributed by atoms with Crippen LogP contribution in [0.15, 0.2) is 12.7 Å². The van der Waals surface area contributed by atoms with Gasteiger partial charge in [0.1, 0.15) is 11.8 Å². The molecule has 1 saturated carbocycles. The van der Waals surface area contributed by atoms with Gasteiger partial charge in [-0.25, -0.2) is 15.0 Å². The van der Waals surface area contributed by atoms with Crippen LogP contribution in [0.3, 0.4) is 0 Å². The van der Waals surface area contributed by atoms with Gasteiger partial charge < -0.3 is 10.3 Å². The predicted molar refractivity (Wildman–Crippen MR) is 80.5 cm³/mol. The van der Waals surface area contributed by atoms with Crippen molar-refractivity contribution in [2.24, 2.45) is 10.8 Å². The van der Waals surface area contributed by atoms with E-state index in [-0.39, 0.29) is 0 Å². The Morgan fingerprint density at radius 1 is 1.10 bits per heavy atom. The fourth-order valence-corrected chi connectivity index (χ4v) is 4.02. The van der Waals surface area contributed by atoms with E-state index >= 15 is 0 Å². The van der Waals surface area contributed by atoms with Gasteiger partial charge in [0.2, 0.25) is 0 Å². The molecule has 1 fully saturated rings. The fourth-order valence-electron chi connectivity index (χ4n) is 4.02. The number of hydrogen-bond acceptors (Lipinski definition) is 4. The number of anilines is 1. The predicted octanol–water partition coefficient (Wildman–Crippen LogP) is 3.37. The molecule has 2 aromatic heterocycles. The number of rotatable bonds is 2. The van der Waals surface area contributed by atoms with E-state index in [0.717, 1.165) is 29.8 Å². The van der Waals surface area contributed by atoms with Gasteiger partial charge in [-0.05, 0) is 30.1 Å². The summed E-state index contributed by atoms with van der Waals surface area (Å²) in [6.45, 7) is 9.42. The van der Waals surface area contributed by atoms with E-state index in [4.69, 9.17) is 0 Å². The molecule has 0 saturated heterocycles. The summed E-state index contributed by atoms with van der Waals surface area (Å²) < 4.78 is 0. The lowest BCUT2D eigenvalue weighted by Gasteiger charge is -2.45. The zero-order valence-corrected chi connectivity index (χ0v) is 12.7. The van der Waals surface area contributed by atoms with Crippen molar-refractivity contribution in [3.8, 4) is 0 Å². The second-order valence-electron chi connectivity index (χ2n) is 7.58. The summed E-state index contributed by atoms with van der Waals surface area (Å²) in [5.74, 6) is 0.867. The van der Waals surface area contributed by atoms with E-state index in [9.17, 15) is 0 Å². The number of aromatic amines is 1. The van der Waals surface area contributed by atoms with Crippen molar-refractivity contribution in [1.29, 1.82) is 0 Å². The van der Waals surface area contributed by atoms with Crippen molar-refractivity contribution in [2.45, 2.75) is 53.0 Å². The molecule has 0 radical (unpaired) electrons. The summed E-state index contributed by atoms with van der Waals surface area (Å²) in [4.78, 5) is 15.8. The Bertz CT molecular complexity index is 598. The molecule has 3 rings (SSSR count). The summed E-state index contributed by atoms with van der Waals surface area (Å²) in [5, 5.41) is 3.60. The van der Waals surface area contributed by atoms with Crippen molar-refractivity contribution in [1.82, 2.24) is 19.9 Å². The van der Waals surface area contributed by atoms with Crippen LogP contribution in [0, 0.1) is 10.8 Å². The first-order chi connectivity index (χ1) is 9.35. The zero-order valence-electron chi connectivity index (χ0n) is 12.7. The average Bonchev–Trinajstić information content (AvgIpc) is 2.73. The Labute approximate surface area is 119 Å². The Balaban J connectivity index is 1.85. The largest absolute Gasteiger partial charge is 0.365 e. The van der Waals surface area contributed by atoms with Gasteiger partial charge in [0.25, 0.3) is 0 Å². The van der Waals surface area contributed by atoms with Crippen molar-refractivity contribution in [3.63, 3.8) is 0 Å². The van der Waals surface area contributed by atoms with Gasteiger partial charge in [-0.1, -0.05) is 27.7 Å². The van der Waals surface area contributed by atoms with Crippen LogP contribution in [0.4, 0.5) is 5.82 Å². The molecular formula is C15H23N5. The molecule has 1 aliphatic rings. The van der Waals surface area contributed by atoms with Gasteiger partial charge in [0, 0.05) is 6.04 Å². The van der Waals surface area contributed by atoms with Gasteiger partial charge >= 0.3 is 0 Å². The van der Waals surface area contributed by atoms with Crippen molar-refractivity contribution in [2.75, 3.05) is 5.32 Å². The second kappa shape index (κ2) is 4.43. The highest BCUT2D eigenvalue weighted by atomic mass is 15.1. The minimum absolute atomic E-state index is 0.361. The minimum Gasteiger partial charge on any atom is -0.365 e. The molecule has 0 bridgehead atoms. The third-order valence-corrected chi connectivity index (χ3v) is 4.12. The molecule has 0 amide bonds. The third kappa shape index (κ3) is 2.62. The van der Waals surface area contributed by atoms with Crippen LogP contribution in [0.1, 0.15) is 47.0 Å². The molecule has 2 heterocycles. The summed E-state index contributed by atoms with van der Waals surface area (Å²) >= 11 is 0. The Morgan fingerprint density at radius 2 is 1.80 bits per heavy atom. The highest BCUT2D eigenvalue weighted by Gasteiger charge is 2.38. The average molecular weight is 273 g/mol. The van der Waals surface area contributed by atoms with E-state index in [1.165, 1.54) is 6.42 Å². The standard InChI is InChI=1S/C15H23N5/c1-14(2)5-10(6-15(3,4)7-14)20-13-11-12(17-8-16-11)18-9-19-13/h8-10H,5-7H2,1-4H3,(H2,16,17,18,19,20). The summed E-state index contributed by atoms with van der Waals surface area (Å²) in [5.41, 5.74) is 2.34. The number of nitrogens with one attached hydrogen (secondary N) is 2. The van der Waals surface area contributed by atoms with Crippen LogP contribution in [-0.4, -0.2) is 26.0 Å². The van der Waals surface area contributed by atoms with Crippen LogP contribution >= 0.6 is 0 Å². The van der Waals surface area contributed by atoms with E-state index in [1.807, 2.05) is 0 Å². The highest BCUT2D eigenvalue weighted by Crippen LogP contribution is 2.46. The topological polar surface area (TPSA) is 66.5 Å². The summed E-state index contributed by atoms with van der Waals surface area (Å²) in [6.07, 6.45) is 6.83. The first-order valence-corrected chi connectivity index (χ1v) is 7.25. The van der Waals surface area contributed by atoms with Crippen LogP contribution in [-0.2, 0) is 0 Å². The number of nitrogens with zero attached hydrogens (tertiary/aromatic N) is 3. The quantitative estimate of drug-likeness (QED) is 0.880. The highest BCUT2D eigenvalue weighted by molar-refractivity contribution is 5.82. The molecule has 0 aliphatic heterocycles. The van der Waals surface area contributed by atoms with Gasteiger partial charge in [0.05, 0.1) is 6.33 Å². The van der Waals surface area contributed by atoms with Crippen molar-refractivity contribution < 1.29 is 0 Å². The van der Waals surface area contributed by atoms with Crippen LogP contribution in [0.2, 0.25) is 0 Å². The first-order valence-electron chi connectivity index (χ1n) is 7.25. The molecule has 0 spiro atoms. The van der Waals surface area contributed by atoms with E-state index in [0.29, 0.717) is 16.9 Å². The molecule has 0 unspecified atom stereocenters. The molecule has 1 aliphatic carbocycles. The molecule has 5 nitrogen and oxygen atoms in total. The summed E-state index contributed by atoms with van der Waals surface area (Å²) in [6, 6.07) is 0.440. The van der Waals surface area contributed by atoms with Crippen LogP contribution < -0.4 is 5.32 Å². The Morgan fingerprint density at radius 3 is 2.50 bits per heavy atom. The van der Waals surface area contributed by atoms with Crippen LogP contribution in [0.25, 0.3) is 11.2 Å². The molecular weight excluding hydrogens is 250 g/mol. The number of hydrogen-bond donors (Lipinski definition) is 2. The maximum absolute atomic E-state index is 4.38. The van der Waals surface area contributed by atoms with Crippen molar-refractivity contribution >= 4 is 17.0 Å². The Hall–Kier alpha value is -1.65. The monoisotopic (exact) mass is 273 g/mol. The number of imidazole rings is 1. The summed E-state index contributed by atoms with van der Waals surface area (Å²) in [7, 11) is 0. The second-order valence-corrected chi connectivity index (χ2v) is 7.58. The fraction of sp³-hybridized carbons (Fsp3) is 0.667. The lowest BCUT2D eigenvalue weighted by Crippen LogP contribution is -2.40. The van der Waals surface area contributed by atoms with E-state index in [1.54, 1.807) is 12.7 Å². The van der Waals surface area contributed by atoms with Gasteiger partial charge in [-0.2, -0.15) is 0 Å². The minimum atomic E-state index is 0.361. The van der Waals surface area contributed by atoms with E-state index in [2.05, 4.69) is 52.9 Å². The molecule has 2 aromatic rings. The number of aromatic nitrogens is 4. The molecule has 5 heteroatoms. The molecule has 108 valence electrons. The maximum atomic E-state index is 4.38. The third-order valence-electron chi connectivity index (χ3n) is 4.12. The molecule has 0 atom stereocenters. The van der Waals surface area contributed by atoms with E-state index < -0.39 is 0 Å². The number of fused-ring (bicyclic) bond motifs is 1. The van der Waals surface area contributed by atoms with Gasteiger partial charge in [-0.15, -0.1) is 0 Å². The maximum Gasteiger partial charge on any atom is 0.182 e. The normalized spacial score (nSPS) is 22.0. The number of H-pyrrole nitrogens is 1. The molecule has 0 aromatic carbocycles. The lowest BCUT2D eigenvalue weighted by molar-refractivity contribution is 0.105. The van der Waals surface area contributed by atoms with Crippen molar-refractivity contribution in [3.05, 3.63) is 12.7 Å². The first kappa shape index (κ1) is 13.3. The smallest absolute Gasteiger partial charge is 0.182 e. The Kier molecular flexibility index (Phi) is 2.96. The zero-order chi connectivity index (χ0) is 14.4.